The maximum absolute atomic E-state index is 11.9. The largest absolute Gasteiger partial charge is 0.335 e. The lowest BCUT2D eigenvalue weighted by molar-refractivity contribution is -0.134. The average molecular weight is 255 g/mol. The monoisotopic (exact) mass is 254 g/mol. The maximum atomic E-state index is 11.9. The van der Waals surface area contributed by atoms with Crippen molar-refractivity contribution in [3.63, 3.8) is 0 Å². The molecular weight excluding hydrogens is 236 g/mol. The Balaban J connectivity index is 2.80. The number of hydrogen-bond donors (Lipinski definition) is 1. The van der Waals surface area contributed by atoms with Crippen LogP contribution in [-0.2, 0) is 11.3 Å². The summed E-state index contributed by atoms with van der Waals surface area (Å²) in [5.74, 6) is -0.0325. The van der Waals surface area contributed by atoms with Crippen molar-refractivity contribution >= 4 is 17.5 Å². The Morgan fingerprint density at radius 1 is 1.29 bits per heavy atom. The number of rotatable bonds is 4. The molecule has 0 aliphatic rings. The number of benzene rings is 1. The van der Waals surface area contributed by atoms with Gasteiger partial charge in [0.25, 0.3) is 0 Å². The molecule has 0 spiro atoms. The SMILES string of the molecule is CC(N)C(=O)N(Cc1ccc(Cl)cc1)C(C)C. The van der Waals surface area contributed by atoms with Gasteiger partial charge >= 0.3 is 0 Å². The van der Waals surface area contributed by atoms with Gasteiger partial charge in [-0.3, -0.25) is 4.79 Å². The number of nitrogens with zero attached hydrogens (tertiary/aromatic N) is 1. The lowest BCUT2D eigenvalue weighted by Crippen LogP contribution is -2.45. The Labute approximate surface area is 108 Å². The van der Waals surface area contributed by atoms with Crippen molar-refractivity contribution in [3.8, 4) is 0 Å². The smallest absolute Gasteiger partial charge is 0.239 e. The van der Waals surface area contributed by atoms with Crippen LogP contribution in [-0.4, -0.2) is 22.9 Å². The first-order valence-corrected chi connectivity index (χ1v) is 6.10. The number of carbonyl (C=O) groups excluding carboxylic acids is 1. The van der Waals surface area contributed by atoms with Crippen LogP contribution in [0.25, 0.3) is 0 Å². The van der Waals surface area contributed by atoms with E-state index >= 15 is 0 Å². The van der Waals surface area contributed by atoms with Gasteiger partial charge in [0.15, 0.2) is 0 Å². The fourth-order valence-corrected chi connectivity index (χ4v) is 1.69. The zero-order valence-electron chi connectivity index (χ0n) is 10.5. The second-order valence-electron chi connectivity index (χ2n) is 4.48. The molecule has 0 bridgehead atoms. The molecule has 0 fully saturated rings. The van der Waals surface area contributed by atoms with Crippen LogP contribution in [0.2, 0.25) is 5.02 Å². The molecule has 0 aromatic heterocycles. The number of amides is 1. The zero-order valence-corrected chi connectivity index (χ0v) is 11.2. The summed E-state index contributed by atoms with van der Waals surface area (Å²) in [6.45, 7) is 6.24. The van der Waals surface area contributed by atoms with Gasteiger partial charge in [-0.25, -0.2) is 0 Å². The van der Waals surface area contributed by atoms with Crippen LogP contribution in [0.15, 0.2) is 24.3 Å². The predicted octanol–water partition coefficient (Wildman–Crippen LogP) is 2.42. The summed E-state index contributed by atoms with van der Waals surface area (Å²) in [5.41, 5.74) is 6.69. The molecule has 94 valence electrons. The summed E-state index contributed by atoms with van der Waals surface area (Å²) in [6, 6.07) is 7.16. The molecule has 2 N–H and O–H groups in total. The van der Waals surface area contributed by atoms with Crippen molar-refractivity contribution in [2.75, 3.05) is 0 Å². The molecule has 1 amide bonds. The summed E-state index contributed by atoms with van der Waals surface area (Å²) < 4.78 is 0. The van der Waals surface area contributed by atoms with Crippen molar-refractivity contribution in [1.29, 1.82) is 0 Å². The van der Waals surface area contributed by atoms with Gasteiger partial charge in [-0.05, 0) is 38.5 Å². The predicted molar refractivity (Wildman–Crippen MR) is 70.8 cm³/mol. The Morgan fingerprint density at radius 3 is 2.24 bits per heavy atom. The quantitative estimate of drug-likeness (QED) is 0.897. The van der Waals surface area contributed by atoms with E-state index in [-0.39, 0.29) is 11.9 Å². The van der Waals surface area contributed by atoms with Gasteiger partial charge in [0.05, 0.1) is 6.04 Å². The first-order chi connectivity index (χ1) is 7.91. The van der Waals surface area contributed by atoms with E-state index in [0.29, 0.717) is 11.6 Å². The van der Waals surface area contributed by atoms with Crippen molar-refractivity contribution in [2.24, 2.45) is 5.73 Å². The lowest BCUT2D eigenvalue weighted by atomic mass is 10.1. The first kappa shape index (κ1) is 14.0. The summed E-state index contributed by atoms with van der Waals surface area (Å²) in [6.07, 6.45) is 0. The molecule has 0 aliphatic carbocycles. The van der Waals surface area contributed by atoms with Gasteiger partial charge < -0.3 is 10.6 Å². The summed E-state index contributed by atoms with van der Waals surface area (Å²) in [5, 5.41) is 0.698. The van der Waals surface area contributed by atoms with Gasteiger partial charge in [-0.2, -0.15) is 0 Å². The highest BCUT2D eigenvalue weighted by atomic mass is 35.5. The van der Waals surface area contributed by atoms with Gasteiger partial charge in [0.2, 0.25) is 5.91 Å². The number of hydrogen-bond acceptors (Lipinski definition) is 2. The molecule has 1 atom stereocenters. The molecular formula is C13H19ClN2O. The normalized spacial score (nSPS) is 12.6. The zero-order chi connectivity index (χ0) is 13.0. The number of halogens is 1. The molecule has 3 nitrogen and oxygen atoms in total. The lowest BCUT2D eigenvalue weighted by Gasteiger charge is -2.28. The molecule has 0 saturated heterocycles. The fraction of sp³-hybridized carbons (Fsp3) is 0.462. The van der Waals surface area contributed by atoms with Crippen molar-refractivity contribution < 1.29 is 4.79 Å². The molecule has 0 heterocycles. The van der Waals surface area contributed by atoms with Crippen LogP contribution in [0.1, 0.15) is 26.3 Å². The average Bonchev–Trinajstić information content (AvgIpc) is 2.26. The third-order valence-corrected chi connectivity index (χ3v) is 2.81. The Hall–Kier alpha value is -1.06. The molecule has 1 aromatic carbocycles. The summed E-state index contributed by atoms with van der Waals surface area (Å²) in [4.78, 5) is 13.7. The van der Waals surface area contributed by atoms with E-state index in [1.165, 1.54) is 0 Å². The van der Waals surface area contributed by atoms with Gasteiger partial charge in [0.1, 0.15) is 0 Å². The molecule has 0 saturated carbocycles. The third kappa shape index (κ3) is 4.02. The van der Waals surface area contributed by atoms with Crippen LogP contribution in [0, 0.1) is 0 Å². The number of nitrogens with two attached hydrogens (primary N) is 1. The van der Waals surface area contributed by atoms with E-state index in [0.717, 1.165) is 5.56 Å². The van der Waals surface area contributed by atoms with E-state index in [1.807, 2.05) is 38.1 Å². The van der Waals surface area contributed by atoms with Crippen LogP contribution < -0.4 is 5.73 Å². The second kappa shape index (κ2) is 6.03. The first-order valence-electron chi connectivity index (χ1n) is 5.72. The van der Waals surface area contributed by atoms with E-state index in [1.54, 1.807) is 11.8 Å². The molecule has 1 rings (SSSR count). The minimum Gasteiger partial charge on any atom is -0.335 e. The highest BCUT2D eigenvalue weighted by molar-refractivity contribution is 6.30. The minimum absolute atomic E-state index is 0.0325. The van der Waals surface area contributed by atoms with Crippen molar-refractivity contribution in [1.82, 2.24) is 4.90 Å². The maximum Gasteiger partial charge on any atom is 0.239 e. The standard InChI is InChI=1S/C13H19ClN2O/c1-9(2)16(13(17)10(3)15)8-11-4-6-12(14)7-5-11/h4-7,9-10H,8,15H2,1-3H3. The van der Waals surface area contributed by atoms with Gasteiger partial charge in [-0.1, -0.05) is 23.7 Å². The second-order valence-corrected chi connectivity index (χ2v) is 4.91. The van der Waals surface area contributed by atoms with Crippen molar-refractivity contribution in [3.05, 3.63) is 34.9 Å². The Bertz CT molecular complexity index is 374. The van der Waals surface area contributed by atoms with Crippen LogP contribution in [0.3, 0.4) is 0 Å². The highest BCUT2D eigenvalue weighted by Gasteiger charge is 2.20. The molecule has 1 aromatic rings. The van der Waals surface area contributed by atoms with E-state index in [4.69, 9.17) is 17.3 Å². The van der Waals surface area contributed by atoms with Crippen LogP contribution in [0.5, 0.6) is 0 Å². The van der Waals surface area contributed by atoms with E-state index < -0.39 is 6.04 Å². The Kier molecular flexibility index (Phi) is 4.97. The molecule has 0 radical (unpaired) electrons. The third-order valence-electron chi connectivity index (χ3n) is 2.56. The highest BCUT2D eigenvalue weighted by Crippen LogP contribution is 2.13. The van der Waals surface area contributed by atoms with Gasteiger partial charge in [0, 0.05) is 17.6 Å². The summed E-state index contributed by atoms with van der Waals surface area (Å²) >= 11 is 5.82. The molecule has 1 unspecified atom stereocenters. The van der Waals surface area contributed by atoms with E-state index in [2.05, 4.69) is 0 Å². The molecule has 4 heteroatoms. The topological polar surface area (TPSA) is 46.3 Å². The number of carbonyl (C=O) groups is 1. The minimum atomic E-state index is -0.468. The van der Waals surface area contributed by atoms with Crippen molar-refractivity contribution in [2.45, 2.75) is 39.4 Å². The summed E-state index contributed by atoms with van der Waals surface area (Å²) in [7, 11) is 0. The fourth-order valence-electron chi connectivity index (χ4n) is 1.56. The van der Waals surface area contributed by atoms with E-state index in [9.17, 15) is 4.79 Å². The van der Waals surface area contributed by atoms with Crippen LogP contribution in [0.4, 0.5) is 0 Å². The molecule has 0 aliphatic heterocycles. The molecule has 17 heavy (non-hydrogen) atoms. The van der Waals surface area contributed by atoms with Gasteiger partial charge in [-0.15, -0.1) is 0 Å². The van der Waals surface area contributed by atoms with Crippen LogP contribution >= 0.6 is 11.6 Å². The Morgan fingerprint density at radius 2 is 1.82 bits per heavy atom.